The van der Waals surface area contributed by atoms with E-state index in [0.29, 0.717) is 0 Å². The maximum absolute atomic E-state index is 11.2. The minimum absolute atomic E-state index is 0.129. The van der Waals surface area contributed by atoms with Crippen LogP contribution < -0.4 is 5.32 Å². The molecule has 0 radical (unpaired) electrons. The summed E-state index contributed by atoms with van der Waals surface area (Å²) in [5.41, 5.74) is 0. The van der Waals surface area contributed by atoms with Crippen LogP contribution in [-0.2, 0) is 0 Å². The normalized spacial score (nSPS) is 12.9. The van der Waals surface area contributed by atoms with E-state index >= 15 is 0 Å². The van der Waals surface area contributed by atoms with Crippen LogP contribution in [0.1, 0.15) is 181 Å². The highest BCUT2D eigenvalue weighted by molar-refractivity contribution is 5.64. The maximum atomic E-state index is 11.2. The summed E-state index contributed by atoms with van der Waals surface area (Å²) < 4.78 is 0. The molecule has 0 saturated carbocycles. The number of allylic oxidation sites excluding steroid dienone is 8. The van der Waals surface area contributed by atoms with Crippen LogP contribution in [0.5, 0.6) is 0 Å². The van der Waals surface area contributed by atoms with Crippen LogP contribution in [0.2, 0.25) is 0 Å². The Morgan fingerprint density at radius 3 is 1.15 bits per heavy atom. The zero-order valence-corrected chi connectivity index (χ0v) is 27.4. The Labute approximate surface area is 256 Å². The van der Waals surface area contributed by atoms with Gasteiger partial charge in [-0.3, -0.25) is 0 Å². The molecular formula is C38H69NO2. The van der Waals surface area contributed by atoms with Crippen LogP contribution in [-0.4, -0.2) is 17.2 Å². The molecule has 3 heteroatoms. The van der Waals surface area contributed by atoms with Crippen LogP contribution in [0.25, 0.3) is 0 Å². The summed E-state index contributed by atoms with van der Waals surface area (Å²) in [4.78, 5) is 11.2. The van der Waals surface area contributed by atoms with E-state index < -0.39 is 6.09 Å². The van der Waals surface area contributed by atoms with Crippen LogP contribution in [0.3, 0.4) is 0 Å². The first-order chi connectivity index (χ1) is 20.2. The number of carboxylic acid groups (broad SMARTS) is 1. The number of unbranched alkanes of at least 4 members (excludes halogenated alkanes) is 18. The van der Waals surface area contributed by atoms with Crippen molar-refractivity contribution >= 4 is 6.09 Å². The van der Waals surface area contributed by atoms with Crippen molar-refractivity contribution in [3.05, 3.63) is 48.6 Å². The Bertz CT molecular complexity index is 601. The van der Waals surface area contributed by atoms with Gasteiger partial charge < -0.3 is 10.4 Å². The van der Waals surface area contributed by atoms with Crippen LogP contribution in [0.15, 0.2) is 48.6 Å². The van der Waals surface area contributed by atoms with E-state index in [9.17, 15) is 9.90 Å². The van der Waals surface area contributed by atoms with Crippen molar-refractivity contribution in [1.29, 1.82) is 0 Å². The van der Waals surface area contributed by atoms with Gasteiger partial charge in [0, 0.05) is 6.04 Å². The lowest BCUT2D eigenvalue weighted by molar-refractivity contribution is 0.187. The van der Waals surface area contributed by atoms with E-state index in [2.05, 4.69) is 67.8 Å². The first-order valence-corrected chi connectivity index (χ1v) is 17.8. The third-order valence-corrected chi connectivity index (χ3v) is 7.83. The number of nitrogens with one attached hydrogen (secondary N) is 1. The molecule has 0 rings (SSSR count). The Morgan fingerprint density at radius 1 is 0.488 bits per heavy atom. The fourth-order valence-electron chi connectivity index (χ4n) is 5.22. The highest BCUT2D eigenvalue weighted by Gasteiger charge is 2.10. The SMILES string of the molecule is CCCCCC=CCC=CCCCCCCCCC(CCCCCCCCC=CC/C=C\CCCCC)NC(=O)O. The molecule has 0 spiro atoms. The van der Waals surface area contributed by atoms with E-state index in [4.69, 9.17) is 0 Å². The fraction of sp³-hybridized carbons (Fsp3) is 0.763. The zero-order valence-electron chi connectivity index (χ0n) is 27.4. The summed E-state index contributed by atoms with van der Waals surface area (Å²) in [5, 5.41) is 12.0. The second-order valence-corrected chi connectivity index (χ2v) is 11.9. The molecule has 1 amide bonds. The third-order valence-electron chi connectivity index (χ3n) is 7.83. The first kappa shape index (κ1) is 39.2. The Kier molecular flexibility index (Phi) is 32.9. The number of amides is 1. The van der Waals surface area contributed by atoms with Gasteiger partial charge in [0.15, 0.2) is 0 Å². The van der Waals surface area contributed by atoms with Gasteiger partial charge in [0.1, 0.15) is 0 Å². The number of rotatable bonds is 31. The van der Waals surface area contributed by atoms with Crippen molar-refractivity contribution in [2.24, 2.45) is 0 Å². The average molecular weight is 572 g/mol. The molecule has 0 heterocycles. The van der Waals surface area contributed by atoms with E-state index in [1.54, 1.807) is 0 Å². The standard InChI is InChI=1S/C38H69NO2/c1-3-5-7-9-11-13-15-17-19-21-23-25-27-29-31-33-35-37(39-38(40)41)36-34-32-30-28-26-24-22-20-18-16-14-12-10-8-6-4-2/h11-14,17-20,37,39H,3-10,15-16,21-36H2,1-2H3,(H,40,41)/b13-11-,14-12?,19-17?,20-18?. The monoisotopic (exact) mass is 572 g/mol. The van der Waals surface area contributed by atoms with E-state index in [1.165, 1.54) is 128 Å². The number of hydrogen-bond acceptors (Lipinski definition) is 1. The molecule has 0 aromatic carbocycles. The molecule has 0 bridgehead atoms. The second kappa shape index (κ2) is 34.4. The van der Waals surface area contributed by atoms with Crippen molar-refractivity contribution in [3.8, 4) is 0 Å². The summed E-state index contributed by atoms with van der Waals surface area (Å²) in [6.45, 7) is 4.51. The van der Waals surface area contributed by atoms with Gasteiger partial charge >= 0.3 is 6.09 Å². The molecule has 238 valence electrons. The van der Waals surface area contributed by atoms with Gasteiger partial charge in [-0.25, -0.2) is 4.79 Å². The van der Waals surface area contributed by atoms with Crippen LogP contribution in [0, 0.1) is 0 Å². The van der Waals surface area contributed by atoms with E-state index in [-0.39, 0.29) is 6.04 Å². The molecule has 41 heavy (non-hydrogen) atoms. The fourth-order valence-corrected chi connectivity index (χ4v) is 5.22. The van der Waals surface area contributed by atoms with Gasteiger partial charge in [0.25, 0.3) is 0 Å². The summed E-state index contributed by atoms with van der Waals surface area (Å²) in [6, 6.07) is 0.129. The summed E-state index contributed by atoms with van der Waals surface area (Å²) in [6.07, 6.45) is 49.6. The predicted octanol–water partition coefficient (Wildman–Crippen LogP) is 13.0. The molecule has 2 N–H and O–H groups in total. The topological polar surface area (TPSA) is 49.3 Å². The lowest BCUT2D eigenvalue weighted by Crippen LogP contribution is -2.33. The molecule has 0 aliphatic carbocycles. The molecule has 0 aliphatic heterocycles. The molecule has 0 aliphatic rings. The molecule has 0 fully saturated rings. The Morgan fingerprint density at radius 2 is 0.805 bits per heavy atom. The lowest BCUT2D eigenvalue weighted by atomic mass is 10.00. The number of carbonyl (C=O) groups is 1. The minimum atomic E-state index is -0.866. The third kappa shape index (κ3) is 34.3. The van der Waals surface area contributed by atoms with E-state index in [0.717, 1.165) is 38.5 Å². The molecule has 1 unspecified atom stereocenters. The van der Waals surface area contributed by atoms with E-state index in [1.807, 2.05) is 0 Å². The summed E-state index contributed by atoms with van der Waals surface area (Å²) in [5.74, 6) is 0. The van der Waals surface area contributed by atoms with Crippen molar-refractivity contribution in [1.82, 2.24) is 5.32 Å². The van der Waals surface area contributed by atoms with Gasteiger partial charge in [0.05, 0.1) is 0 Å². The first-order valence-electron chi connectivity index (χ1n) is 17.8. The molecule has 0 saturated heterocycles. The van der Waals surface area contributed by atoms with Crippen molar-refractivity contribution in [2.45, 2.75) is 187 Å². The minimum Gasteiger partial charge on any atom is -0.465 e. The zero-order chi connectivity index (χ0) is 29.9. The van der Waals surface area contributed by atoms with Crippen molar-refractivity contribution < 1.29 is 9.90 Å². The molecular weight excluding hydrogens is 502 g/mol. The summed E-state index contributed by atoms with van der Waals surface area (Å²) in [7, 11) is 0. The molecule has 0 aromatic rings. The highest BCUT2D eigenvalue weighted by atomic mass is 16.4. The smallest absolute Gasteiger partial charge is 0.404 e. The second-order valence-electron chi connectivity index (χ2n) is 11.9. The lowest BCUT2D eigenvalue weighted by Gasteiger charge is -2.16. The summed E-state index contributed by atoms with van der Waals surface area (Å²) >= 11 is 0. The Hall–Kier alpha value is -1.77. The van der Waals surface area contributed by atoms with Crippen LogP contribution >= 0.6 is 0 Å². The van der Waals surface area contributed by atoms with Crippen molar-refractivity contribution in [3.63, 3.8) is 0 Å². The van der Waals surface area contributed by atoms with Gasteiger partial charge in [0.2, 0.25) is 0 Å². The predicted molar refractivity (Wildman–Crippen MR) is 183 cm³/mol. The maximum Gasteiger partial charge on any atom is 0.404 e. The highest BCUT2D eigenvalue weighted by Crippen LogP contribution is 2.15. The molecule has 0 aromatic heterocycles. The van der Waals surface area contributed by atoms with Gasteiger partial charge in [-0.2, -0.15) is 0 Å². The average Bonchev–Trinajstić information content (AvgIpc) is 2.96. The van der Waals surface area contributed by atoms with Gasteiger partial charge in [-0.15, -0.1) is 0 Å². The quantitative estimate of drug-likeness (QED) is 0.0642. The van der Waals surface area contributed by atoms with Gasteiger partial charge in [-0.1, -0.05) is 152 Å². The van der Waals surface area contributed by atoms with Crippen molar-refractivity contribution in [2.75, 3.05) is 0 Å². The Balaban J connectivity index is 3.63. The van der Waals surface area contributed by atoms with Gasteiger partial charge in [-0.05, 0) is 77.0 Å². The largest absolute Gasteiger partial charge is 0.465 e. The molecule has 3 nitrogen and oxygen atoms in total. The number of hydrogen-bond donors (Lipinski definition) is 2. The molecule has 1 atom stereocenters. The van der Waals surface area contributed by atoms with Crippen LogP contribution in [0.4, 0.5) is 4.79 Å².